The van der Waals surface area contributed by atoms with Crippen molar-refractivity contribution in [2.24, 2.45) is 0 Å². The van der Waals surface area contributed by atoms with Crippen LogP contribution in [-0.2, 0) is 17.5 Å². The van der Waals surface area contributed by atoms with Gasteiger partial charge in [0.05, 0.1) is 5.56 Å². The molecule has 0 aliphatic heterocycles. The first kappa shape index (κ1) is 20.2. The minimum absolute atomic E-state index is 0.0490. The van der Waals surface area contributed by atoms with Gasteiger partial charge in [0.1, 0.15) is 12.9 Å². The van der Waals surface area contributed by atoms with Crippen LogP contribution < -0.4 is 5.32 Å². The normalized spacial score (nSPS) is 11.4. The average Bonchev–Trinajstić information content (AvgIpc) is 2.66. The number of nitrogens with one attached hydrogen (secondary N) is 1. The number of halogens is 3. The highest BCUT2D eigenvalue weighted by Gasteiger charge is 2.30. The molecule has 0 fully saturated rings. The summed E-state index contributed by atoms with van der Waals surface area (Å²) in [4.78, 5) is 22.4. The molecule has 0 aliphatic rings. The van der Waals surface area contributed by atoms with Crippen molar-refractivity contribution in [2.45, 2.75) is 19.2 Å². The smallest absolute Gasteiger partial charge is 0.416 e. The summed E-state index contributed by atoms with van der Waals surface area (Å²) in [5.41, 5.74) is 0.197. The first-order valence-electron chi connectivity index (χ1n) is 8.17. The van der Waals surface area contributed by atoms with Crippen molar-refractivity contribution in [2.75, 3.05) is 6.54 Å². The molecule has 2 aromatic carbocycles. The van der Waals surface area contributed by atoms with E-state index < -0.39 is 17.8 Å². The third kappa shape index (κ3) is 6.97. The number of ether oxygens (including phenoxy) is 1. The average molecular weight is 377 g/mol. The zero-order valence-corrected chi connectivity index (χ0v) is 14.3. The molecule has 2 rings (SSSR count). The van der Waals surface area contributed by atoms with Crippen molar-refractivity contribution in [3.05, 3.63) is 76.9 Å². The molecule has 0 saturated heterocycles. The fourth-order valence-corrected chi connectivity index (χ4v) is 2.26. The third-order valence-electron chi connectivity index (χ3n) is 3.54. The highest BCUT2D eigenvalue weighted by atomic mass is 19.4. The highest BCUT2D eigenvalue weighted by Crippen LogP contribution is 2.30. The molecule has 0 aromatic heterocycles. The largest absolute Gasteiger partial charge is 0.445 e. The Labute approximate surface area is 154 Å². The number of carbonyl (C=O) groups is 2. The minimum Gasteiger partial charge on any atom is -0.445 e. The van der Waals surface area contributed by atoms with Gasteiger partial charge in [0.25, 0.3) is 0 Å². The molecule has 1 amide bonds. The predicted octanol–water partition coefficient (Wildman–Crippen LogP) is 4.85. The fraction of sp³-hybridized carbons (Fsp3) is 0.200. The summed E-state index contributed by atoms with van der Waals surface area (Å²) < 4.78 is 43.5. The Kier molecular flexibility index (Phi) is 7.16. The Morgan fingerprint density at radius 1 is 1.07 bits per heavy atom. The van der Waals surface area contributed by atoms with Crippen LogP contribution in [0.1, 0.15) is 33.5 Å². The van der Waals surface area contributed by atoms with Crippen LogP contribution in [0, 0.1) is 0 Å². The van der Waals surface area contributed by atoms with Gasteiger partial charge in [-0.05, 0) is 35.7 Å². The van der Waals surface area contributed by atoms with Crippen LogP contribution in [0.5, 0.6) is 0 Å². The van der Waals surface area contributed by atoms with Gasteiger partial charge in [-0.25, -0.2) is 4.79 Å². The first-order chi connectivity index (χ1) is 12.9. The van der Waals surface area contributed by atoms with Gasteiger partial charge < -0.3 is 10.1 Å². The quantitative estimate of drug-likeness (QED) is 0.554. The van der Waals surface area contributed by atoms with Crippen molar-refractivity contribution in [3.8, 4) is 0 Å². The van der Waals surface area contributed by atoms with Gasteiger partial charge >= 0.3 is 12.3 Å². The summed E-state index contributed by atoms with van der Waals surface area (Å²) in [7, 11) is 0. The van der Waals surface area contributed by atoms with E-state index in [1.165, 1.54) is 12.1 Å². The van der Waals surface area contributed by atoms with E-state index in [1.807, 2.05) is 30.3 Å². The second kappa shape index (κ2) is 9.56. The lowest BCUT2D eigenvalue weighted by Crippen LogP contribution is -2.24. The van der Waals surface area contributed by atoms with Crippen molar-refractivity contribution >= 4 is 18.5 Å². The number of alkyl halides is 3. The monoisotopic (exact) mass is 377 g/mol. The summed E-state index contributed by atoms with van der Waals surface area (Å²) >= 11 is 0. The van der Waals surface area contributed by atoms with Crippen molar-refractivity contribution in [1.82, 2.24) is 5.32 Å². The summed E-state index contributed by atoms with van der Waals surface area (Å²) in [6.07, 6.45) is -1.24. The standard InChI is InChI=1S/C20H18F3NO3/c21-20(22,23)18-11-16(10-17(12-18)13-25)8-4-5-9-24-19(26)27-14-15-6-2-1-3-7-15/h1-4,6-8,10-13H,5,9,14H2,(H,24,26). The van der Waals surface area contributed by atoms with Crippen LogP contribution in [0.3, 0.4) is 0 Å². The predicted molar refractivity (Wildman–Crippen MR) is 95.1 cm³/mol. The maximum atomic E-state index is 12.8. The number of benzene rings is 2. The van der Waals surface area contributed by atoms with Crippen LogP contribution in [0.4, 0.5) is 18.0 Å². The molecule has 0 spiro atoms. The lowest BCUT2D eigenvalue weighted by molar-refractivity contribution is -0.137. The van der Waals surface area contributed by atoms with Gasteiger partial charge in [0, 0.05) is 12.1 Å². The van der Waals surface area contributed by atoms with Gasteiger partial charge in [0.15, 0.2) is 0 Å². The summed E-state index contributed by atoms with van der Waals surface area (Å²) in [5, 5.41) is 2.55. The third-order valence-corrected chi connectivity index (χ3v) is 3.54. The van der Waals surface area contributed by atoms with Crippen molar-refractivity contribution in [1.29, 1.82) is 0 Å². The topological polar surface area (TPSA) is 55.4 Å². The lowest BCUT2D eigenvalue weighted by atomic mass is 10.1. The van der Waals surface area contributed by atoms with E-state index in [-0.39, 0.29) is 24.3 Å². The molecule has 0 unspecified atom stereocenters. The molecule has 0 atom stereocenters. The Morgan fingerprint density at radius 2 is 1.78 bits per heavy atom. The maximum Gasteiger partial charge on any atom is 0.416 e. The molecule has 2 aromatic rings. The number of alkyl carbamates (subject to hydrolysis) is 1. The molecule has 0 saturated carbocycles. The maximum absolute atomic E-state index is 12.8. The number of amides is 1. The highest BCUT2D eigenvalue weighted by molar-refractivity contribution is 5.77. The molecule has 0 aliphatic carbocycles. The molecule has 0 heterocycles. The Balaban J connectivity index is 1.80. The van der Waals surface area contributed by atoms with Crippen LogP contribution in [0.2, 0.25) is 0 Å². The SMILES string of the molecule is O=Cc1cc(C=CCCNC(=O)OCc2ccccc2)cc(C(F)(F)F)c1. The van der Waals surface area contributed by atoms with E-state index >= 15 is 0 Å². The van der Waals surface area contributed by atoms with E-state index in [4.69, 9.17) is 4.74 Å². The molecular weight excluding hydrogens is 359 g/mol. The van der Waals surface area contributed by atoms with Crippen molar-refractivity contribution < 1.29 is 27.5 Å². The summed E-state index contributed by atoms with van der Waals surface area (Å²) in [6, 6.07) is 12.3. The van der Waals surface area contributed by atoms with E-state index in [2.05, 4.69) is 5.32 Å². The summed E-state index contributed by atoms with van der Waals surface area (Å²) in [5.74, 6) is 0. The van der Waals surface area contributed by atoms with E-state index in [0.717, 1.165) is 17.7 Å². The Hall–Kier alpha value is -3.09. The van der Waals surface area contributed by atoms with E-state index in [0.29, 0.717) is 12.7 Å². The van der Waals surface area contributed by atoms with Crippen LogP contribution in [-0.4, -0.2) is 18.9 Å². The van der Waals surface area contributed by atoms with Gasteiger partial charge in [-0.2, -0.15) is 13.2 Å². The molecular formula is C20H18F3NO3. The molecule has 4 nitrogen and oxygen atoms in total. The van der Waals surface area contributed by atoms with Crippen molar-refractivity contribution in [3.63, 3.8) is 0 Å². The van der Waals surface area contributed by atoms with E-state index in [1.54, 1.807) is 6.08 Å². The summed E-state index contributed by atoms with van der Waals surface area (Å²) in [6.45, 7) is 0.421. The molecule has 7 heteroatoms. The number of carbonyl (C=O) groups excluding carboxylic acids is 2. The minimum atomic E-state index is -4.52. The van der Waals surface area contributed by atoms with Crippen LogP contribution >= 0.6 is 0 Å². The van der Waals surface area contributed by atoms with Gasteiger partial charge in [0.2, 0.25) is 0 Å². The van der Waals surface area contributed by atoms with Gasteiger partial charge in [-0.15, -0.1) is 0 Å². The molecule has 1 N–H and O–H groups in total. The van der Waals surface area contributed by atoms with Gasteiger partial charge in [-0.3, -0.25) is 4.79 Å². The zero-order valence-electron chi connectivity index (χ0n) is 14.3. The van der Waals surface area contributed by atoms with Gasteiger partial charge in [-0.1, -0.05) is 42.5 Å². The molecule has 142 valence electrons. The van der Waals surface area contributed by atoms with E-state index in [9.17, 15) is 22.8 Å². The lowest BCUT2D eigenvalue weighted by Gasteiger charge is -2.08. The second-order valence-electron chi connectivity index (χ2n) is 5.68. The number of hydrogen-bond acceptors (Lipinski definition) is 3. The Morgan fingerprint density at radius 3 is 2.44 bits per heavy atom. The number of rotatable bonds is 7. The number of aldehydes is 1. The molecule has 0 bridgehead atoms. The second-order valence-corrected chi connectivity index (χ2v) is 5.68. The first-order valence-corrected chi connectivity index (χ1v) is 8.17. The van der Waals surface area contributed by atoms with Crippen LogP contribution in [0.25, 0.3) is 6.08 Å². The molecule has 0 radical (unpaired) electrons. The fourth-order valence-electron chi connectivity index (χ4n) is 2.26. The molecule has 27 heavy (non-hydrogen) atoms. The van der Waals surface area contributed by atoms with Crippen LogP contribution in [0.15, 0.2) is 54.6 Å². The zero-order chi connectivity index (χ0) is 19.7. The Bertz CT molecular complexity index is 802. The number of hydrogen-bond donors (Lipinski definition) is 1.